The molecule has 0 aliphatic heterocycles. The summed E-state index contributed by atoms with van der Waals surface area (Å²) in [6.45, 7) is 4.04. The van der Waals surface area contributed by atoms with E-state index in [1.165, 1.54) is 5.56 Å². The highest BCUT2D eigenvalue weighted by Crippen LogP contribution is 2.13. The minimum Gasteiger partial charge on any atom is -0.294 e. The van der Waals surface area contributed by atoms with Crippen molar-refractivity contribution in [2.45, 2.75) is 26.7 Å². The van der Waals surface area contributed by atoms with Crippen LogP contribution in [0.4, 0.5) is 0 Å². The topological polar surface area (TPSA) is 30.0 Å². The van der Waals surface area contributed by atoms with Crippen molar-refractivity contribution in [2.24, 2.45) is 0 Å². The molecule has 0 saturated carbocycles. The predicted octanol–water partition coefficient (Wildman–Crippen LogP) is 3.44. The SMILES string of the molecule is CCc1cccc(C(=O)Cc2nc(C)cs2)c1. The normalized spacial score (nSPS) is 10.5. The third kappa shape index (κ3) is 3.01. The fourth-order valence-electron chi connectivity index (χ4n) is 1.69. The Morgan fingerprint density at radius 3 is 2.88 bits per heavy atom. The number of hydrogen-bond donors (Lipinski definition) is 0. The number of benzene rings is 1. The van der Waals surface area contributed by atoms with E-state index in [4.69, 9.17) is 0 Å². The quantitative estimate of drug-likeness (QED) is 0.772. The van der Waals surface area contributed by atoms with Crippen LogP contribution in [-0.4, -0.2) is 10.8 Å². The number of rotatable bonds is 4. The van der Waals surface area contributed by atoms with Gasteiger partial charge in [-0.1, -0.05) is 25.1 Å². The average Bonchev–Trinajstić information content (AvgIpc) is 2.75. The Balaban J connectivity index is 2.14. The smallest absolute Gasteiger partial charge is 0.169 e. The lowest BCUT2D eigenvalue weighted by Crippen LogP contribution is -2.03. The molecule has 0 aliphatic rings. The summed E-state index contributed by atoms with van der Waals surface area (Å²) >= 11 is 1.55. The number of hydrogen-bond acceptors (Lipinski definition) is 3. The average molecular weight is 245 g/mol. The van der Waals surface area contributed by atoms with E-state index in [9.17, 15) is 4.79 Å². The summed E-state index contributed by atoms with van der Waals surface area (Å²) in [4.78, 5) is 16.4. The van der Waals surface area contributed by atoms with E-state index < -0.39 is 0 Å². The Bertz CT molecular complexity index is 531. The number of ketones is 1. The molecule has 0 radical (unpaired) electrons. The summed E-state index contributed by atoms with van der Waals surface area (Å²) in [6.07, 6.45) is 1.36. The van der Waals surface area contributed by atoms with Gasteiger partial charge in [-0.15, -0.1) is 11.3 Å². The monoisotopic (exact) mass is 245 g/mol. The van der Waals surface area contributed by atoms with Crippen LogP contribution in [0.15, 0.2) is 29.6 Å². The molecule has 17 heavy (non-hydrogen) atoms. The molecule has 2 nitrogen and oxygen atoms in total. The first kappa shape index (κ1) is 12.0. The summed E-state index contributed by atoms with van der Waals surface area (Å²) < 4.78 is 0. The van der Waals surface area contributed by atoms with Crippen molar-refractivity contribution in [3.8, 4) is 0 Å². The molecule has 0 bridgehead atoms. The van der Waals surface area contributed by atoms with Crippen molar-refractivity contribution in [2.75, 3.05) is 0 Å². The Kier molecular flexibility index (Phi) is 3.69. The number of thiazole rings is 1. The van der Waals surface area contributed by atoms with Crippen molar-refractivity contribution >= 4 is 17.1 Å². The summed E-state index contributed by atoms with van der Waals surface area (Å²) in [6, 6.07) is 7.84. The van der Waals surface area contributed by atoms with Crippen LogP contribution in [0.5, 0.6) is 0 Å². The Morgan fingerprint density at radius 1 is 1.41 bits per heavy atom. The highest BCUT2D eigenvalue weighted by molar-refractivity contribution is 7.09. The fourth-order valence-corrected chi connectivity index (χ4v) is 2.46. The minimum absolute atomic E-state index is 0.148. The Morgan fingerprint density at radius 2 is 2.24 bits per heavy atom. The summed E-state index contributed by atoms with van der Waals surface area (Å²) in [5.41, 5.74) is 2.98. The molecule has 88 valence electrons. The van der Waals surface area contributed by atoms with Crippen molar-refractivity contribution in [3.63, 3.8) is 0 Å². The van der Waals surface area contributed by atoms with E-state index in [1.54, 1.807) is 11.3 Å². The zero-order valence-electron chi connectivity index (χ0n) is 10.1. The van der Waals surface area contributed by atoms with E-state index in [1.807, 2.05) is 36.6 Å². The number of nitrogens with zero attached hydrogens (tertiary/aromatic N) is 1. The molecule has 3 heteroatoms. The van der Waals surface area contributed by atoms with Gasteiger partial charge in [-0.3, -0.25) is 4.79 Å². The molecular weight excluding hydrogens is 230 g/mol. The molecule has 1 heterocycles. The van der Waals surface area contributed by atoms with Crippen LogP contribution in [-0.2, 0) is 12.8 Å². The molecule has 1 aromatic heterocycles. The molecule has 0 amide bonds. The highest BCUT2D eigenvalue weighted by Gasteiger charge is 2.09. The largest absolute Gasteiger partial charge is 0.294 e. The van der Waals surface area contributed by atoms with Crippen LogP contribution < -0.4 is 0 Å². The molecule has 0 saturated heterocycles. The van der Waals surface area contributed by atoms with E-state index in [-0.39, 0.29) is 5.78 Å². The van der Waals surface area contributed by atoms with Crippen LogP contribution in [0, 0.1) is 6.92 Å². The van der Waals surface area contributed by atoms with Gasteiger partial charge in [0.25, 0.3) is 0 Å². The first-order valence-corrected chi connectivity index (χ1v) is 6.60. The van der Waals surface area contributed by atoms with Gasteiger partial charge in [0.05, 0.1) is 6.42 Å². The molecule has 2 aromatic rings. The molecule has 0 fully saturated rings. The van der Waals surface area contributed by atoms with Gasteiger partial charge in [-0.2, -0.15) is 0 Å². The van der Waals surface area contributed by atoms with Crippen molar-refractivity contribution in [3.05, 3.63) is 51.5 Å². The number of Topliss-reactive ketones (excluding diaryl/α,β-unsaturated/α-hetero) is 1. The van der Waals surface area contributed by atoms with Gasteiger partial charge in [-0.25, -0.2) is 4.98 Å². The lowest BCUT2D eigenvalue weighted by molar-refractivity contribution is 0.0993. The summed E-state index contributed by atoms with van der Waals surface area (Å²) in [7, 11) is 0. The second-order valence-electron chi connectivity index (χ2n) is 4.04. The second-order valence-corrected chi connectivity index (χ2v) is 4.98. The lowest BCUT2D eigenvalue weighted by atomic mass is 10.0. The standard InChI is InChI=1S/C14H15NOS/c1-3-11-5-4-6-12(7-11)13(16)8-14-15-10(2)9-17-14/h4-7,9H,3,8H2,1-2H3. The number of aryl methyl sites for hydroxylation is 2. The van der Waals surface area contributed by atoms with E-state index in [2.05, 4.69) is 11.9 Å². The molecule has 0 unspecified atom stereocenters. The lowest BCUT2D eigenvalue weighted by Gasteiger charge is -2.01. The number of carbonyl (C=O) groups is 1. The molecule has 0 N–H and O–H groups in total. The van der Waals surface area contributed by atoms with Crippen molar-refractivity contribution < 1.29 is 4.79 Å². The zero-order chi connectivity index (χ0) is 12.3. The molecular formula is C14H15NOS. The zero-order valence-corrected chi connectivity index (χ0v) is 10.9. The van der Waals surface area contributed by atoms with Crippen LogP contribution in [0.1, 0.15) is 33.5 Å². The van der Waals surface area contributed by atoms with Crippen molar-refractivity contribution in [1.82, 2.24) is 4.98 Å². The van der Waals surface area contributed by atoms with Crippen molar-refractivity contribution in [1.29, 1.82) is 0 Å². The fraction of sp³-hybridized carbons (Fsp3) is 0.286. The van der Waals surface area contributed by atoms with Crippen LogP contribution in [0.3, 0.4) is 0 Å². The van der Waals surface area contributed by atoms with E-state index in [0.717, 1.165) is 22.7 Å². The third-order valence-corrected chi connectivity index (χ3v) is 3.60. The van der Waals surface area contributed by atoms with Gasteiger partial charge < -0.3 is 0 Å². The molecule has 0 aliphatic carbocycles. The molecule has 0 spiro atoms. The first-order valence-electron chi connectivity index (χ1n) is 5.72. The highest BCUT2D eigenvalue weighted by atomic mass is 32.1. The summed E-state index contributed by atoms with van der Waals surface area (Å²) in [5, 5.41) is 2.87. The van der Waals surface area contributed by atoms with Gasteiger partial charge in [0.1, 0.15) is 5.01 Å². The van der Waals surface area contributed by atoms with Crippen LogP contribution in [0.2, 0.25) is 0 Å². The van der Waals surface area contributed by atoms with Gasteiger partial charge in [-0.05, 0) is 25.0 Å². The first-order chi connectivity index (χ1) is 8.19. The molecule has 2 rings (SSSR count). The van der Waals surface area contributed by atoms with Crippen LogP contribution in [0.25, 0.3) is 0 Å². The third-order valence-electron chi connectivity index (χ3n) is 2.64. The number of aromatic nitrogens is 1. The van der Waals surface area contributed by atoms with Gasteiger partial charge >= 0.3 is 0 Å². The van der Waals surface area contributed by atoms with E-state index in [0.29, 0.717) is 6.42 Å². The minimum atomic E-state index is 0.148. The predicted molar refractivity (Wildman–Crippen MR) is 70.7 cm³/mol. The maximum absolute atomic E-state index is 12.1. The second kappa shape index (κ2) is 5.23. The van der Waals surface area contributed by atoms with Gasteiger partial charge in [0, 0.05) is 16.6 Å². The maximum Gasteiger partial charge on any atom is 0.169 e. The maximum atomic E-state index is 12.1. The van der Waals surface area contributed by atoms with Gasteiger partial charge in [0.15, 0.2) is 5.78 Å². The molecule has 0 atom stereocenters. The van der Waals surface area contributed by atoms with Crippen LogP contribution >= 0.6 is 11.3 Å². The Hall–Kier alpha value is -1.48. The summed E-state index contributed by atoms with van der Waals surface area (Å²) in [5.74, 6) is 0.148. The number of carbonyl (C=O) groups excluding carboxylic acids is 1. The Labute approximate surface area is 105 Å². The van der Waals surface area contributed by atoms with E-state index >= 15 is 0 Å². The van der Waals surface area contributed by atoms with Gasteiger partial charge in [0.2, 0.25) is 0 Å². The molecule has 1 aromatic carbocycles.